The summed E-state index contributed by atoms with van der Waals surface area (Å²) in [5.74, 6) is 1.39. The van der Waals surface area contributed by atoms with Crippen LogP contribution in [0.25, 0.3) is 264 Å². The highest BCUT2D eigenvalue weighted by Gasteiger charge is 2.27. The second kappa shape index (κ2) is 30.9. The van der Waals surface area contributed by atoms with Crippen molar-refractivity contribution >= 4 is 163 Å². The first kappa shape index (κ1) is 76.1. The molecule has 28 aromatic rings. The molecule has 8 heteroatoms. The van der Waals surface area contributed by atoms with Crippen LogP contribution in [0.15, 0.2) is 473 Å². The van der Waals surface area contributed by atoms with E-state index in [2.05, 4.69) is 485 Å². The van der Waals surface area contributed by atoms with Gasteiger partial charge in [-0.1, -0.05) is 328 Å². The van der Waals surface area contributed by atoms with Gasteiger partial charge in [-0.3, -0.25) is 0 Å². The van der Waals surface area contributed by atoms with Crippen LogP contribution in [0.5, 0.6) is 0 Å². The predicted molar refractivity (Wildman–Crippen MR) is 562 cm³/mol. The summed E-state index contributed by atoms with van der Waals surface area (Å²) in [7, 11) is 0. The second-order valence-electron chi connectivity index (χ2n) is 35.1. The van der Waals surface area contributed by atoms with Crippen molar-refractivity contribution in [3.8, 4) is 101 Å². The van der Waals surface area contributed by atoms with Crippen LogP contribution in [0.3, 0.4) is 0 Å². The summed E-state index contributed by atoms with van der Waals surface area (Å²) in [6.07, 6.45) is 0. The van der Waals surface area contributed by atoms with Gasteiger partial charge in [-0.2, -0.15) is 0 Å². The maximum absolute atomic E-state index is 5.58. The Morgan fingerprint density at radius 2 is 0.470 bits per heavy atom. The molecule has 0 radical (unpaired) electrons. The lowest BCUT2D eigenvalue weighted by atomic mass is 9.94. The fourth-order valence-electron chi connectivity index (χ4n) is 21.3. The molecular weight excluding hydrogens is 1630 g/mol. The molecule has 0 spiro atoms. The molecule has 622 valence electrons. The van der Waals surface area contributed by atoms with Crippen molar-refractivity contribution in [2.24, 2.45) is 0 Å². The molecule has 134 heavy (non-hydrogen) atoms. The molecule has 6 aromatic heterocycles. The summed E-state index contributed by atoms with van der Waals surface area (Å²) in [6, 6.07) is 171. The molecule has 0 bridgehead atoms. The lowest BCUT2D eigenvalue weighted by Gasteiger charge is -2.16. The summed E-state index contributed by atoms with van der Waals surface area (Å²) in [6.45, 7) is 0. The number of rotatable bonds is 11. The Morgan fingerprint density at radius 1 is 0.149 bits per heavy atom. The zero-order valence-corrected chi connectivity index (χ0v) is 72.6. The van der Waals surface area contributed by atoms with Crippen LogP contribution in [-0.4, -0.2) is 38.2 Å². The van der Waals surface area contributed by atoms with Crippen LogP contribution in [0.4, 0.5) is 0 Å². The molecule has 0 saturated heterocycles. The van der Waals surface area contributed by atoms with Gasteiger partial charge in [0.2, 0.25) is 0 Å². The van der Waals surface area contributed by atoms with Gasteiger partial charge in [-0.05, 0) is 227 Å². The molecule has 0 aliphatic heterocycles. The Bertz CT molecular complexity index is 9630. The topological polar surface area (TPSA) is 71.3 Å². The van der Waals surface area contributed by atoms with Crippen molar-refractivity contribution < 1.29 is 0 Å². The van der Waals surface area contributed by atoms with Gasteiger partial charge >= 0.3 is 0 Å². The monoisotopic (exact) mass is 1700 g/mol. The highest BCUT2D eigenvalue weighted by molar-refractivity contribution is 6.23. The minimum atomic E-state index is 0.687. The average Bonchev–Trinajstić information content (AvgIpc) is 1.55. The molecule has 0 fully saturated rings. The number of nitrogens with zero attached hydrogens (tertiary/aromatic N) is 8. The quantitative estimate of drug-likeness (QED) is 0.129. The summed E-state index contributed by atoms with van der Waals surface area (Å²) in [4.78, 5) is 21.3. The normalized spacial score (nSPS) is 11.9. The first-order chi connectivity index (χ1) is 66.4. The fraction of sp³-hybridized carbons (Fsp3) is 0. The lowest BCUT2D eigenvalue weighted by Crippen LogP contribution is -1.99. The van der Waals surface area contributed by atoms with E-state index < -0.39 is 0 Å². The van der Waals surface area contributed by atoms with Gasteiger partial charge in [-0.15, -0.1) is 0 Å². The van der Waals surface area contributed by atoms with Crippen molar-refractivity contribution in [1.29, 1.82) is 0 Å². The molecule has 0 aliphatic carbocycles. The molecular formula is C126H78N8. The van der Waals surface area contributed by atoms with Crippen LogP contribution in [0, 0.1) is 0 Å². The van der Waals surface area contributed by atoms with Gasteiger partial charge in [-0.25, -0.2) is 19.9 Å². The zero-order valence-electron chi connectivity index (χ0n) is 72.6. The van der Waals surface area contributed by atoms with Gasteiger partial charge in [0, 0.05) is 87.2 Å². The van der Waals surface area contributed by atoms with Crippen LogP contribution >= 0.6 is 0 Å². The van der Waals surface area contributed by atoms with E-state index in [9.17, 15) is 0 Å². The van der Waals surface area contributed by atoms with E-state index in [0.29, 0.717) is 11.6 Å². The standard InChI is InChI=1S/C68H42N4.C58H36N4/c1-3-18-43(19-4-1)49-36-50(44-20-5-2-6-21-44)38-51(37-49)67-56-27-11-13-31-59(56)69-68(70-67)55-30-15-29-53-52(55)28-16-33-61(53)72-63-35-17-34-62(66(63)58-40-46-23-8-10-25-48(46)42-65(58)72)71-60-32-14-12-26-54(60)57-39-45-22-7-9-24-47(45)41-64(57)71;1-2-13-37(14-3-1)38-25-27-39(28-26-38)57-47-20-8-10-21-50(47)59-58(60-57)40-29-31-45(32-30-40)61-52-23-12-24-53(56(52)49-34-42-16-5-7-18-44(42)36-55(49)61)62-51-22-11-9-19-46(51)48-33-41-15-4-6-17-43(41)35-54(48)62/h1-42H;1-36H. The molecule has 0 N–H and O–H groups in total. The first-order valence-corrected chi connectivity index (χ1v) is 45.8. The fourth-order valence-corrected chi connectivity index (χ4v) is 21.3. The van der Waals surface area contributed by atoms with Crippen LogP contribution in [0.2, 0.25) is 0 Å². The van der Waals surface area contributed by atoms with Crippen LogP contribution < -0.4 is 0 Å². The van der Waals surface area contributed by atoms with Gasteiger partial charge in [0.25, 0.3) is 0 Å². The molecule has 0 amide bonds. The third kappa shape index (κ3) is 12.5. The van der Waals surface area contributed by atoms with E-state index in [0.717, 1.165) is 133 Å². The minimum absolute atomic E-state index is 0.687. The third-order valence-corrected chi connectivity index (χ3v) is 27.5. The van der Waals surface area contributed by atoms with Crippen LogP contribution in [-0.2, 0) is 0 Å². The lowest BCUT2D eigenvalue weighted by molar-refractivity contribution is 1.17. The van der Waals surface area contributed by atoms with E-state index in [1.54, 1.807) is 0 Å². The smallest absolute Gasteiger partial charge is 0.161 e. The Hall–Kier alpha value is -18.0. The summed E-state index contributed by atoms with van der Waals surface area (Å²) in [5.41, 5.74) is 28.5. The molecule has 28 rings (SSSR count). The SMILES string of the molecule is c1ccc(-c2cc(-c3ccccc3)cc(-c3nc(-c4cccc5c(-n6c7cc8ccccc8cc7c7c(-n8c9ccccc9c9cc%10ccccc%10cc98)cccc76)cccc45)nc4ccccc34)c2)cc1.c1ccc(-c2ccc(-c3nc(-c4ccc(-n5c6cc7ccccc7cc6c6c(-n7c8ccccc8c8cc9ccccc9cc87)cccc65)cc4)nc4ccccc34)cc2)cc1. The number of para-hydroxylation sites is 4. The third-order valence-electron chi connectivity index (χ3n) is 27.5. The molecule has 0 unspecified atom stereocenters. The molecule has 0 saturated carbocycles. The number of fused-ring (bicyclic) bond motifs is 19. The number of benzene rings is 22. The summed E-state index contributed by atoms with van der Waals surface area (Å²) >= 11 is 0. The maximum atomic E-state index is 5.58. The van der Waals surface area contributed by atoms with Gasteiger partial charge < -0.3 is 18.3 Å². The molecule has 0 atom stereocenters. The summed E-state index contributed by atoms with van der Waals surface area (Å²) in [5, 5.41) is 23.8. The van der Waals surface area contributed by atoms with Crippen molar-refractivity contribution in [3.05, 3.63) is 473 Å². The highest BCUT2D eigenvalue weighted by Crippen LogP contribution is 2.48. The average molecular weight is 1700 g/mol. The first-order valence-electron chi connectivity index (χ1n) is 45.8. The van der Waals surface area contributed by atoms with Crippen molar-refractivity contribution in [2.75, 3.05) is 0 Å². The van der Waals surface area contributed by atoms with Crippen molar-refractivity contribution in [3.63, 3.8) is 0 Å². The number of hydrogen-bond donors (Lipinski definition) is 0. The minimum Gasteiger partial charge on any atom is -0.309 e. The van der Waals surface area contributed by atoms with Crippen molar-refractivity contribution in [1.82, 2.24) is 38.2 Å². The number of hydrogen-bond acceptors (Lipinski definition) is 4. The highest BCUT2D eigenvalue weighted by atomic mass is 15.0. The Kier molecular flexibility index (Phi) is 17.5. The van der Waals surface area contributed by atoms with Gasteiger partial charge in [0.15, 0.2) is 11.6 Å². The Balaban J connectivity index is 0.000000138. The van der Waals surface area contributed by atoms with E-state index in [-0.39, 0.29) is 0 Å². The second-order valence-corrected chi connectivity index (χ2v) is 35.1. The van der Waals surface area contributed by atoms with E-state index in [1.807, 2.05) is 6.07 Å². The maximum Gasteiger partial charge on any atom is 0.161 e. The van der Waals surface area contributed by atoms with Gasteiger partial charge in [0.1, 0.15) is 0 Å². The van der Waals surface area contributed by atoms with E-state index in [1.165, 1.54) is 119 Å². The number of aromatic nitrogens is 8. The van der Waals surface area contributed by atoms with E-state index in [4.69, 9.17) is 19.9 Å². The molecule has 0 aliphatic rings. The molecule has 6 heterocycles. The zero-order chi connectivity index (χ0) is 88.0. The van der Waals surface area contributed by atoms with E-state index >= 15 is 0 Å². The van der Waals surface area contributed by atoms with Crippen molar-refractivity contribution in [2.45, 2.75) is 0 Å². The molecule has 8 nitrogen and oxygen atoms in total. The largest absolute Gasteiger partial charge is 0.309 e. The Labute approximate surface area is 770 Å². The van der Waals surface area contributed by atoms with Crippen LogP contribution in [0.1, 0.15) is 0 Å². The van der Waals surface area contributed by atoms with Gasteiger partial charge in [0.05, 0.1) is 83.6 Å². The summed E-state index contributed by atoms with van der Waals surface area (Å²) < 4.78 is 9.88. The Morgan fingerprint density at radius 3 is 0.978 bits per heavy atom. The predicted octanol–water partition coefficient (Wildman–Crippen LogP) is 33.1. The molecule has 22 aromatic carbocycles.